The molecule has 2 aromatic heterocycles. The first kappa shape index (κ1) is 25.2. The topological polar surface area (TPSA) is 97.5 Å². The molecule has 8 heteroatoms. The standard InChI is InChI=1S/C29H34N6O2/c1-18-6-5-7-19(2)25(18)29(36)35-13-9-22-24(17-35)23(16-30)28(33-27(22)34-14-11-31-12-15-34)37-26-20(3)8-10-32-21(26)4/h5-8,10,29,31,36H,9,11-15,17H2,1-4H3. The van der Waals surface area contributed by atoms with Crippen molar-refractivity contribution in [3.63, 3.8) is 0 Å². The van der Waals surface area contributed by atoms with E-state index in [0.717, 1.165) is 71.1 Å². The minimum Gasteiger partial charge on any atom is -0.435 e. The Labute approximate surface area is 218 Å². The fraction of sp³-hybridized carbons (Fsp3) is 0.414. The first-order valence-electron chi connectivity index (χ1n) is 12.9. The Bertz CT molecular complexity index is 1320. The summed E-state index contributed by atoms with van der Waals surface area (Å²) in [4.78, 5) is 13.7. The van der Waals surface area contributed by atoms with Crippen molar-refractivity contribution in [2.45, 2.75) is 46.9 Å². The van der Waals surface area contributed by atoms with Crippen LogP contribution in [0.1, 0.15) is 50.9 Å². The molecule has 1 unspecified atom stereocenters. The van der Waals surface area contributed by atoms with Crippen LogP contribution in [0.5, 0.6) is 11.6 Å². The van der Waals surface area contributed by atoms with Crippen LogP contribution in [0.3, 0.4) is 0 Å². The Morgan fingerprint density at radius 2 is 1.76 bits per heavy atom. The number of benzene rings is 1. The average molecular weight is 499 g/mol. The smallest absolute Gasteiger partial charge is 0.239 e. The molecule has 2 aliphatic rings. The number of nitrogens with zero attached hydrogens (tertiary/aromatic N) is 5. The van der Waals surface area contributed by atoms with Gasteiger partial charge in [-0.15, -0.1) is 0 Å². The van der Waals surface area contributed by atoms with E-state index in [1.165, 1.54) is 0 Å². The number of pyridine rings is 2. The number of rotatable bonds is 5. The molecule has 0 spiro atoms. The molecule has 0 amide bonds. The lowest BCUT2D eigenvalue weighted by molar-refractivity contribution is -0.00876. The molecule has 1 atom stereocenters. The fourth-order valence-corrected chi connectivity index (χ4v) is 5.49. The van der Waals surface area contributed by atoms with E-state index in [2.05, 4.69) is 21.3 Å². The van der Waals surface area contributed by atoms with Crippen LogP contribution >= 0.6 is 0 Å². The fourth-order valence-electron chi connectivity index (χ4n) is 5.49. The Balaban J connectivity index is 1.60. The number of ether oxygens (including phenoxy) is 1. The molecule has 0 radical (unpaired) electrons. The summed E-state index contributed by atoms with van der Waals surface area (Å²) in [6, 6.07) is 10.4. The predicted octanol–water partition coefficient (Wildman–Crippen LogP) is 3.83. The highest BCUT2D eigenvalue weighted by molar-refractivity contribution is 5.62. The van der Waals surface area contributed by atoms with Crippen LogP contribution in [-0.2, 0) is 13.0 Å². The van der Waals surface area contributed by atoms with E-state index in [4.69, 9.17) is 9.72 Å². The zero-order chi connectivity index (χ0) is 26.1. The molecular weight excluding hydrogens is 464 g/mol. The summed E-state index contributed by atoms with van der Waals surface area (Å²) < 4.78 is 6.36. The summed E-state index contributed by atoms with van der Waals surface area (Å²) in [5, 5.41) is 25.2. The summed E-state index contributed by atoms with van der Waals surface area (Å²) in [5.41, 5.74) is 7.12. The lowest BCUT2D eigenvalue weighted by Crippen LogP contribution is -2.45. The van der Waals surface area contributed by atoms with Crippen molar-refractivity contribution in [2.75, 3.05) is 37.6 Å². The summed E-state index contributed by atoms with van der Waals surface area (Å²) in [5.74, 6) is 1.81. The minimum absolute atomic E-state index is 0.303. The summed E-state index contributed by atoms with van der Waals surface area (Å²) in [6.45, 7) is 12.5. The van der Waals surface area contributed by atoms with Gasteiger partial charge in [0.25, 0.3) is 0 Å². The van der Waals surface area contributed by atoms with E-state index in [9.17, 15) is 10.4 Å². The molecule has 2 N–H and O–H groups in total. The van der Waals surface area contributed by atoms with E-state index in [0.29, 0.717) is 36.7 Å². The number of hydrogen-bond acceptors (Lipinski definition) is 8. The van der Waals surface area contributed by atoms with Crippen molar-refractivity contribution in [2.24, 2.45) is 0 Å². The highest BCUT2D eigenvalue weighted by Crippen LogP contribution is 2.39. The van der Waals surface area contributed by atoms with Crippen LogP contribution in [0.15, 0.2) is 30.5 Å². The molecule has 0 saturated carbocycles. The van der Waals surface area contributed by atoms with Gasteiger partial charge in [0.15, 0.2) is 5.75 Å². The number of piperazine rings is 1. The zero-order valence-electron chi connectivity index (χ0n) is 22.0. The highest BCUT2D eigenvalue weighted by Gasteiger charge is 2.32. The van der Waals surface area contributed by atoms with E-state index in [1.54, 1.807) is 6.20 Å². The molecule has 4 heterocycles. The number of hydrogen-bond donors (Lipinski definition) is 2. The lowest BCUT2D eigenvalue weighted by atomic mass is 9.93. The van der Waals surface area contributed by atoms with Gasteiger partial charge in [0.1, 0.15) is 23.7 Å². The second kappa shape index (κ2) is 10.5. The second-order valence-electron chi connectivity index (χ2n) is 9.97. The van der Waals surface area contributed by atoms with E-state index in [1.807, 2.05) is 56.9 Å². The maximum Gasteiger partial charge on any atom is 0.239 e. The molecule has 1 fully saturated rings. The number of aliphatic hydroxyl groups excluding tert-OH is 1. The number of aliphatic hydroxyl groups is 1. The van der Waals surface area contributed by atoms with Crippen LogP contribution in [0.4, 0.5) is 5.82 Å². The molecule has 3 aromatic rings. The Hall–Kier alpha value is -3.51. The number of fused-ring (bicyclic) bond motifs is 1. The first-order valence-corrected chi connectivity index (χ1v) is 12.9. The van der Waals surface area contributed by atoms with E-state index >= 15 is 0 Å². The minimum atomic E-state index is -0.760. The van der Waals surface area contributed by atoms with Crippen LogP contribution in [0, 0.1) is 39.0 Å². The van der Waals surface area contributed by atoms with Gasteiger partial charge >= 0.3 is 0 Å². The van der Waals surface area contributed by atoms with Gasteiger partial charge in [-0.2, -0.15) is 10.2 Å². The van der Waals surface area contributed by atoms with Crippen molar-refractivity contribution in [3.05, 3.63) is 75.1 Å². The van der Waals surface area contributed by atoms with Gasteiger partial charge in [0.2, 0.25) is 5.88 Å². The largest absolute Gasteiger partial charge is 0.435 e. The first-order chi connectivity index (χ1) is 17.9. The maximum atomic E-state index is 11.5. The van der Waals surface area contributed by atoms with Crippen molar-refractivity contribution in [3.8, 4) is 17.7 Å². The van der Waals surface area contributed by atoms with Gasteiger partial charge in [0, 0.05) is 56.6 Å². The molecule has 5 rings (SSSR count). The molecular formula is C29H34N6O2. The molecule has 1 aromatic carbocycles. The Morgan fingerprint density at radius 3 is 2.43 bits per heavy atom. The summed E-state index contributed by atoms with van der Waals surface area (Å²) in [6.07, 6.45) is 1.69. The van der Waals surface area contributed by atoms with E-state index < -0.39 is 6.23 Å². The molecule has 0 aliphatic carbocycles. The quantitative estimate of drug-likeness (QED) is 0.548. The molecule has 192 valence electrons. The van der Waals surface area contributed by atoms with Gasteiger partial charge in [-0.25, -0.2) is 0 Å². The van der Waals surface area contributed by atoms with Gasteiger partial charge in [-0.1, -0.05) is 18.2 Å². The van der Waals surface area contributed by atoms with Crippen molar-refractivity contribution in [1.82, 2.24) is 20.2 Å². The monoisotopic (exact) mass is 498 g/mol. The average Bonchev–Trinajstić information content (AvgIpc) is 2.90. The summed E-state index contributed by atoms with van der Waals surface area (Å²) >= 11 is 0. The Kier molecular flexibility index (Phi) is 7.11. The molecule has 2 aliphatic heterocycles. The lowest BCUT2D eigenvalue weighted by Gasteiger charge is -2.37. The van der Waals surface area contributed by atoms with Crippen LogP contribution < -0.4 is 15.0 Å². The number of nitriles is 1. The van der Waals surface area contributed by atoms with Gasteiger partial charge in [-0.3, -0.25) is 9.88 Å². The van der Waals surface area contributed by atoms with Crippen molar-refractivity contribution in [1.29, 1.82) is 5.26 Å². The van der Waals surface area contributed by atoms with Crippen molar-refractivity contribution < 1.29 is 9.84 Å². The van der Waals surface area contributed by atoms with Crippen LogP contribution in [0.2, 0.25) is 0 Å². The molecule has 1 saturated heterocycles. The SMILES string of the molecule is Cc1ccnc(C)c1Oc1nc(N2CCNCC2)c2c(c1C#N)CN(C(O)c1c(C)cccc1C)CC2. The third-order valence-electron chi connectivity index (χ3n) is 7.52. The predicted molar refractivity (Wildman–Crippen MR) is 143 cm³/mol. The normalized spacial score (nSPS) is 16.7. The third kappa shape index (κ3) is 4.78. The van der Waals surface area contributed by atoms with Gasteiger partial charge in [-0.05, 0) is 62.4 Å². The maximum absolute atomic E-state index is 11.5. The highest BCUT2D eigenvalue weighted by atomic mass is 16.5. The number of aryl methyl sites for hydroxylation is 4. The van der Waals surface area contributed by atoms with Crippen LogP contribution in [0.25, 0.3) is 0 Å². The van der Waals surface area contributed by atoms with E-state index in [-0.39, 0.29) is 0 Å². The number of aromatic nitrogens is 2. The van der Waals surface area contributed by atoms with Crippen LogP contribution in [-0.4, -0.2) is 52.7 Å². The van der Waals surface area contributed by atoms with Crippen molar-refractivity contribution >= 4 is 5.82 Å². The summed E-state index contributed by atoms with van der Waals surface area (Å²) in [7, 11) is 0. The second-order valence-corrected chi connectivity index (χ2v) is 9.97. The zero-order valence-corrected chi connectivity index (χ0v) is 22.0. The van der Waals surface area contributed by atoms with Gasteiger partial charge < -0.3 is 20.1 Å². The molecule has 37 heavy (non-hydrogen) atoms. The Morgan fingerprint density at radius 1 is 1.03 bits per heavy atom. The number of nitrogens with one attached hydrogen (secondary N) is 1. The third-order valence-corrected chi connectivity index (χ3v) is 7.52. The number of anilines is 1. The molecule has 8 nitrogen and oxygen atoms in total. The van der Waals surface area contributed by atoms with Gasteiger partial charge in [0.05, 0.1) is 5.69 Å². The molecule has 0 bridgehead atoms.